The Balaban J connectivity index is 1.82. The summed E-state index contributed by atoms with van der Waals surface area (Å²) in [6.07, 6.45) is 5.85. The quantitative estimate of drug-likeness (QED) is 0.861. The first-order chi connectivity index (χ1) is 8.97. The minimum absolute atomic E-state index is 0.0537. The molecule has 2 rings (SSSR count). The van der Waals surface area contributed by atoms with E-state index in [4.69, 9.17) is 5.73 Å². The summed E-state index contributed by atoms with van der Waals surface area (Å²) in [6.45, 7) is 2.72. The molecule has 0 spiro atoms. The topological polar surface area (TPSA) is 98.0 Å². The van der Waals surface area contributed by atoms with Crippen LogP contribution in [-0.2, 0) is 10.0 Å². The smallest absolute Gasteiger partial charge is 0.269 e. The van der Waals surface area contributed by atoms with E-state index in [0.717, 1.165) is 23.7 Å². The van der Waals surface area contributed by atoms with Crippen molar-refractivity contribution in [3.63, 3.8) is 0 Å². The van der Waals surface area contributed by atoms with Crippen molar-refractivity contribution in [3.8, 4) is 0 Å². The summed E-state index contributed by atoms with van der Waals surface area (Å²) >= 11 is 0.886. The van der Waals surface area contributed by atoms with Crippen LogP contribution in [0.4, 0.5) is 5.13 Å². The minimum Gasteiger partial charge on any atom is -0.374 e. The second-order valence-corrected chi connectivity index (χ2v) is 8.18. The van der Waals surface area contributed by atoms with Crippen molar-refractivity contribution >= 4 is 26.5 Å². The highest BCUT2D eigenvalue weighted by Gasteiger charge is 2.22. The fraction of sp³-hybridized carbons (Fsp3) is 0.818. The third-order valence-corrected chi connectivity index (χ3v) is 6.12. The second-order valence-electron chi connectivity index (χ2n) is 5.23. The lowest BCUT2D eigenvalue weighted by Gasteiger charge is -2.26. The van der Waals surface area contributed by atoms with Crippen molar-refractivity contribution < 1.29 is 8.42 Å². The van der Waals surface area contributed by atoms with Crippen LogP contribution in [0.5, 0.6) is 0 Å². The molecule has 2 unspecified atom stereocenters. The third-order valence-electron chi connectivity index (χ3n) is 3.54. The number of nitrogen functional groups attached to an aromatic ring is 1. The average molecular weight is 304 g/mol. The second kappa shape index (κ2) is 6.15. The first-order valence-corrected chi connectivity index (χ1v) is 8.86. The van der Waals surface area contributed by atoms with Crippen molar-refractivity contribution in [2.24, 2.45) is 11.8 Å². The van der Waals surface area contributed by atoms with Crippen LogP contribution in [-0.4, -0.2) is 25.2 Å². The maximum atomic E-state index is 11.9. The Morgan fingerprint density at radius 2 is 2.21 bits per heavy atom. The number of anilines is 1. The van der Waals surface area contributed by atoms with E-state index in [-0.39, 0.29) is 9.47 Å². The van der Waals surface area contributed by atoms with E-state index in [1.165, 1.54) is 25.7 Å². The zero-order valence-electron chi connectivity index (χ0n) is 11.0. The van der Waals surface area contributed by atoms with Crippen LogP contribution < -0.4 is 10.5 Å². The summed E-state index contributed by atoms with van der Waals surface area (Å²) in [7, 11) is -3.54. The molecule has 1 aromatic heterocycles. The Bertz CT molecular complexity index is 515. The van der Waals surface area contributed by atoms with Gasteiger partial charge in [-0.2, -0.15) is 0 Å². The van der Waals surface area contributed by atoms with Crippen LogP contribution >= 0.6 is 11.3 Å². The summed E-state index contributed by atoms with van der Waals surface area (Å²) in [5.41, 5.74) is 5.39. The highest BCUT2D eigenvalue weighted by Crippen LogP contribution is 2.30. The molecule has 0 bridgehead atoms. The number of nitrogens with one attached hydrogen (secondary N) is 1. The van der Waals surface area contributed by atoms with Gasteiger partial charge in [0.15, 0.2) is 0 Å². The van der Waals surface area contributed by atoms with Crippen LogP contribution in [0.15, 0.2) is 4.34 Å². The first-order valence-electron chi connectivity index (χ1n) is 6.56. The van der Waals surface area contributed by atoms with Crippen LogP contribution in [0.2, 0.25) is 0 Å². The lowest BCUT2D eigenvalue weighted by atomic mass is 9.81. The van der Waals surface area contributed by atoms with E-state index in [1.807, 2.05) is 0 Å². The number of nitrogens with zero attached hydrogens (tertiary/aromatic N) is 2. The highest BCUT2D eigenvalue weighted by atomic mass is 32.2. The Morgan fingerprint density at radius 1 is 1.42 bits per heavy atom. The standard InChI is InChI=1S/C11H20N4O2S2/c1-8-3-2-4-9(7-8)5-6-13-19(16,17)11-15-14-10(12)18-11/h8-9,13H,2-7H2,1H3,(H2,12,14). The van der Waals surface area contributed by atoms with E-state index in [1.54, 1.807) is 0 Å². The van der Waals surface area contributed by atoms with Gasteiger partial charge in [-0.05, 0) is 24.7 Å². The first kappa shape index (κ1) is 14.7. The molecular weight excluding hydrogens is 284 g/mol. The van der Waals surface area contributed by atoms with E-state index in [2.05, 4.69) is 21.8 Å². The van der Waals surface area contributed by atoms with Gasteiger partial charge in [0.2, 0.25) is 9.47 Å². The molecule has 108 valence electrons. The number of sulfonamides is 1. The van der Waals surface area contributed by atoms with Gasteiger partial charge < -0.3 is 5.73 Å². The average Bonchev–Trinajstić information content (AvgIpc) is 2.76. The van der Waals surface area contributed by atoms with Gasteiger partial charge in [-0.25, -0.2) is 13.1 Å². The van der Waals surface area contributed by atoms with Crippen LogP contribution in [0.1, 0.15) is 39.0 Å². The van der Waals surface area contributed by atoms with Crippen molar-refractivity contribution in [2.45, 2.75) is 43.4 Å². The normalized spacial score (nSPS) is 24.5. The van der Waals surface area contributed by atoms with Gasteiger partial charge in [-0.3, -0.25) is 0 Å². The number of hydrogen-bond acceptors (Lipinski definition) is 6. The van der Waals surface area contributed by atoms with Crippen molar-refractivity contribution in [3.05, 3.63) is 0 Å². The molecule has 1 aliphatic carbocycles. The van der Waals surface area contributed by atoms with Gasteiger partial charge in [0, 0.05) is 6.54 Å². The van der Waals surface area contributed by atoms with Gasteiger partial charge in [0.25, 0.3) is 10.0 Å². The molecule has 0 radical (unpaired) electrons. The fourth-order valence-electron chi connectivity index (χ4n) is 2.61. The Morgan fingerprint density at radius 3 is 2.84 bits per heavy atom. The Kier molecular flexibility index (Phi) is 4.75. The Labute approximate surface area is 117 Å². The molecule has 6 nitrogen and oxygen atoms in total. The lowest BCUT2D eigenvalue weighted by Crippen LogP contribution is -2.27. The maximum Gasteiger partial charge on any atom is 0.269 e. The predicted molar refractivity (Wildman–Crippen MR) is 75.2 cm³/mol. The Hall–Kier alpha value is -0.730. The molecule has 0 aliphatic heterocycles. The molecular formula is C11H20N4O2S2. The monoisotopic (exact) mass is 304 g/mol. The zero-order valence-corrected chi connectivity index (χ0v) is 12.6. The van der Waals surface area contributed by atoms with E-state index in [0.29, 0.717) is 12.5 Å². The number of aromatic nitrogens is 2. The van der Waals surface area contributed by atoms with Crippen molar-refractivity contribution in [2.75, 3.05) is 12.3 Å². The predicted octanol–water partition coefficient (Wildman–Crippen LogP) is 1.61. The van der Waals surface area contributed by atoms with Gasteiger partial charge in [0.1, 0.15) is 0 Å². The molecule has 1 aromatic rings. The molecule has 1 heterocycles. The van der Waals surface area contributed by atoms with E-state index < -0.39 is 10.0 Å². The summed E-state index contributed by atoms with van der Waals surface area (Å²) in [5.74, 6) is 1.39. The number of nitrogens with two attached hydrogens (primary N) is 1. The van der Waals surface area contributed by atoms with Crippen LogP contribution in [0, 0.1) is 11.8 Å². The summed E-state index contributed by atoms with van der Waals surface area (Å²) in [5, 5.41) is 7.24. The van der Waals surface area contributed by atoms with E-state index >= 15 is 0 Å². The molecule has 0 aromatic carbocycles. The molecule has 3 N–H and O–H groups in total. The largest absolute Gasteiger partial charge is 0.374 e. The van der Waals surface area contributed by atoms with Crippen LogP contribution in [0.25, 0.3) is 0 Å². The molecule has 2 atom stereocenters. The van der Waals surface area contributed by atoms with Gasteiger partial charge in [-0.1, -0.05) is 37.5 Å². The molecule has 1 saturated carbocycles. The minimum atomic E-state index is -3.54. The lowest BCUT2D eigenvalue weighted by molar-refractivity contribution is 0.271. The number of hydrogen-bond donors (Lipinski definition) is 2. The molecule has 8 heteroatoms. The van der Waals surface area contributed by atoms with Gasteiger partial charge in [-0.15, -0.1) is 10.2 Å². The maximum absolute atomic E-state index is 11.9. The van der Waals surface area contributed by atoms with Crippen molar-refractivity contribution in [1.29, 1.82) is 0 Å². The molecule has 0 amide bonds. The summed E-state index contributed by atoms with van der Waals surface area (Å²) in [4.78, 5) is 0. The molecule has 0 saturated heterocycles. The third kappa shape index (κ3) is 4.12. The van der Waals surface area contributed by atoms with Crippen LogP contribution in [0.3, 0.4) is 0 Å². The van der Waals surface area contributed by atoms with Gasteiger partial charge >= 0.3 is 0 Å². The van der Waals surface area contributed by atoms with Gasteiger partial charge in [0.05, 0.1) is 0 Å². The number of rotatable bonds is 5. The summed E-state index contributed by atoms with van der Waals surface area (Å²) < 4.78 is 26.3. The highest BCUT2D eigenvalue weighted by molar-refractivity contribution is 7.91. The van der Waals surface area contributed by atoms with E-state index in [9.17, 15) is 8.42 Å². The molecule has 19 heavy (non-hydrogen) atoms. The molecule has 1 aliphatic rings. The SMILES string of the molecule is CC1CCCC(CCNS(=O)(=O)c2nnc(N)s2)C1. The summed E-state index contributed by atoms with van der Waals surface area (Å²) in [6, 6.07) is 0. The zero-order chi connectivity index (χ0) is 13.9. The fourth-order valence-corrected chi connectivity index (χ4v) is 4.48. The van der Waals surface area contributed by atoms with Crippen molar-refractivity contribution in [1.82, 2.24) is 14.9 Å². The molecule has 1 fully saturated rings.